The van der Waals surface area contributed by atoms with Gasteiger partial charge in [0.2, 0.25) is 0 Å². The first-order valence-corrected chi connectivity index (χ1v) is 7.14. The van der Waals surface area contributed by atoms with Crippen LogP contribution in [0.1, 0.15) is 0 Å². The molecule has 94 valence electrons. The van der Waals surface area contributed by atoms with E-state index in [0.29, 0.717) is 11.5 Å². The Morgan fingerprint density at radius 2 is 1.22 bits per heavy atom. The molecule has 0 heterocycles. The molecule has 18 heavy (non-hydrogen) atoms. The third kappa shape index (κ3) is 3.36. The summed E-state index contributed by atoms with van der Waals surface area (Å²) in [6.45, 7) is 0. The van der Waals surface area contributed by atoms with Gasteiger partial charge in [0.15, 0.2) is 6.35 Å². The fraction of sp³-hybridized carbons (Fsp3) is 0.0769. The molecular weight excluding hydrogens is 251 g/mol. The zero-order chi connectivity index (χ0) is 12.8. The molecule has 5 heteroatoms. The molecule has 0 radical (unpaired) electrons. The van der Waals surface area contributed by atoms with E-state index in [9.17, 15) is 9.67 Å². The van der Waals surface area contributed by atoms with Crippen molar-refractivity contribution in [2.45, 2.75) is 0 Å². The van der Waals surface area contributed by atoms with E-state index in [1.807, 2.05) is 12.1 Å². The van der Waals surface area contributed by atoms with Gasteiger partial charge in [-0.05, 0) is 24.3 Å². The number of para-hydroxylation sites is 2. The van der Waals surface area contributed by atoms with Crippen LogP contribution in [0.25, 0.3) is 0 Å². The van der Waals surface area contributed by atoms with E-state index < -0.39 is 13.9 Å². The average molecular weight is 264 g/mol. The van der Waals surface area contributed by atoms with Crippen LogP contribution in [0, 0.1) is 0 Å². The van der Waals surface area contributed by atoms with Crippen molar-refractivity contribution in [2.75, 3.05) is 6.35 Å². The van der Waals surface area contributed by atoms with Gasteiger partial charge in [-0.2, -0.15) is 0 Å². The normalized spacial score (nSPS) is 10.9. The molecule has 0 spiro atoms. The van der Waals surface area contributed by atoms with Crippen molar-refractivity contribution in [2.24, 2.45) is 0 Å². The number of hydrogen-bond donors (Lipinski definition) is 1. The van der Waals surface area contributed by atoms with Crippen LogP contribution in [0.5, 0.6) is 11.5 Å². The third-order valence-electron chi connectivity index (χ3n) is 2.15. The van der Waals surface area contributed by atoms with E-state index in [2.05, 4.69) is 0 Å². The number of hydrogen-bond acceptors (Lipinski definition) is 4. The van der Waals surface area contributed by atoms with Crippen molar-refractivity contribution in [3.8, 4) is 11.5 Å². The molecule has 1 N–H and O–H groups in total. The van der Waals surface area contributed by atoms with Crippen LogP contribution in [0.15, 0.2) is 60.7 Å². The maximum Gasteiger partial charge on any atom is 0.455 e. The van der Waals surface area contributed by atoms with Gasteiger partial charge < -0.3 is 14.2 Å². The quantitative estimate of drug-likeness (QED) is 0.842. The van der Waals surface area contributed by atoms with Gasteiger partial charge in [0.25, 0.3) is 0 Å². The van der Waals surface area contributed by atoms with Gasteiger partial charge >= 0.3 is 7.60 Å². The van der Waals surface area contributed by atoms with E-state index in [1.54, 1.807) is 48.5 Å². The number of aliphatic hydroxyl groups excluding tert-OH is 1. The fourth-order valence-corrected chi connectivity index (χ4v) is 2.40. The van der Waals surface area contributed by atoms with Crippen LogP contribution >= 0.6 is 7.60 Å². The second kappa shape index (κ2) is 5.71. The zero-order valence-electron chi connectivity index (χ0n) is 9.60. The summed E-state index contributed by atoms with van der Waals surface area (Å²) in [5, 5.41) is 9.19. The highest BCUT2D eigenvalue weighted by molar-refractivity contribution is 7.54. The van der Waals surface area contributed by atoms with Crippen LogP contribution in [0.4, 0.5) is 0 Å². The SMILES string of the molecule is O=P(CO)(Oc1ccccc1)Oc1ccccc1. The summed E-state index contributed by atoms with van der Waals surface area (Å²) < 4.78 is 22.7. The Morgan fingerprint density at radius 3 is 1.56 bits per heavy atom. The lowest BCUT2D eigenvalue weighted by Gasteiger charge is -2.17. The molecule has 0 saturated carbocycles. The van der Waals surface area contributed by atoms with Gasteiger partial charge in [0, 0.05) is 0 Å². The van der Waals surface area contributed by atoms with Gasteiger partial charge in [-0.3, -0.25) is 0 Å². The maximum absolute atomic E-state index is 12.2. The van der Waals surface area contributed by atoms with Crippen LogP contribution < -0.4 is 9.05 Å². The van der Waals surface area contributed by atoms with Crippen molar-refractivity contribution < 1.29 is 18.7 Å². The Bertz CT molecular complexity index is 482. The molecule has 0 bridgehead atoms. The summed E-state index contributed by atoms with van der Waals surface area (Å²) in [5.41, 5.74) is 0. The Kier molecular flexibility index (Phi) is 4.03. The lowest BCUT2D eigenvalue weighted by atomic mass is 10.3. The molecule has 2 aromatic rings. The lowest BCUT2D eigenvalue weighted by Crippen LogP contribution is -2.04. The van der Waals surface area contributed by atoms with Crippen LogP contribution in [0.3, 0.4) is 0 Å². The molecular formula is C13H13O4P. The molecule has 0 aliphatic rings. The lowest BCUT2D eigenvalue weighted by molar-refractivity contribution is 0.296. The molecule has 0 atom stereocenters. The number of aliphatic hydroxyl groups is 1. The Morgan fingerprint density at radius 1 is 0.833 bits per heavy atom. The molecule has 2 rings (SSSR count). The highest BCUT2D eigenvalue weighted by Gasteiger charge is 2.26. The molecule has 0 aromatic heterocycles. The Labute approximate surface area is 105 Å². The number of benzene rings is 2. The minimum Gasteiger partial charge on any atom is -0.415 e. The molecule has 4 nitrogen and oxygen atoms in total. The van der Waals surface area contributed by atoms with E-state index >= 15 is 0 Å². The minimum absolute atomic E-state index is 0.394. The predicted octanol–water partition coefficient (Wildman–Crippen LogP) is 3.29. The monoisotopic (exact) mass is 264 g/mol. The molecule has 0 amide bonds. The molecule has 0 aliphatic carbocycles. The van der Waals surface area contributed by atoms with Gasteiger partial charge in [-0.25, -0.2) is 4.57 Å². The molecule has 0 unspecified atom stereocenters. The first-order chi connectivity index (χ1) is 8.72. The molecule has 0 saturated heterocycles. The van der Waals surface area contributed by atoms with Crippen LogP contribution in [0.2, 0.25) is 0 Å². The Balaban J connectivity index is 2.14. The van der Waals surface area contributed by atoms with Crippen molar-refractivity contribution >= 4 is 7.60 Å². The van der Waals surface area contributed by atoms with Crippen molar-refractivity contribution in [3.63, 3.8) is 0 Å². The van der Waals surface area contributed by atoms with E-state index in [-0.39, 0.29) is 0 Å². The van der Waals surface area contributed by atoms with E-state index in [1.165, 1.54) is 0 Å². The second-order valence-corrected chi connectivity index (χ2v) is 5.43. The highest BCUT2D eigenvalue weighted by Crippen LogP contribution is 2.47. The Hall–Kier alpha value is -1.77. The summed E-state index contributed by atoms with van der Waals surface area (Å²) in [5.74, 6) is 0.789. The maximum atomic E-state index is 12.2. The molecule has 0 fully saturated rings. The second-order valence-electron chi connectivity index (χ2n) is 3.56. The summed E-state index contributed by atoms with van der Waals surface area (Å²) in [7, 11) is -3.59. The first-order valence-electron chi connectivity index (χ1n) is 5.41. The van der Waals surface area contributed by atoms with Crippen LogP contribution in [-0.2, 0) is 4.57 Å². The summed E-state index contributed by atoms with van der Waals surface area (Å²) >= 11 is 0. The predicted molar refractivity (Wildman–Crippen MR) is 68.8 cm³/mol. The van der Waals surface area contributed by atoms with Crippen molar-refractivity contribution in [3.05, 3.63) is 60.7 Å². The minimum atomic E-state index is -3.59. The summed E-state index contributed by atoms with van der Waals surface area (Å²) in [6.07, 6.45) is -0.684. The van der Waals surface area contributed by atoms with Crippen molar-refractivity contribution in [1.82, 2.24) is 0 Å². The van der Waals surface area contributed by atoms with Gasteiger partial charge in [0.1, 0.15) is 11.5 Å². The zero-order valence-corrected chi connectivity index (χ0v) is 10.5. The fourth-order valence-electron chi connectivity index (χ4n) is 1.36. The molecule has 0 aliphatic heterocycles. The van der Waals surface area contributed by atoms with Gasteiger partial charge in [-0.15, -0.1) is 0 Å². The molecule has 2 aromatic carbocycles. The summed E-state index contributed by atoms with van der Waals surface area (Å²) in [4.78, 5) is 0. The highest BCUT2D eigenvalue weighted by atomic mass is 31.2. The van der Waals surface area contributed by atoms with E-state index in [4.69, 9.17) is 9.05 Å². The van der Waals surface area contributed by atoms with Crippen molar-refractivity contribution in [1.29, 1.82) is 0 Å². The van der Waals surface area contributed by atoms with Gasteiger partial charge in [-0.1, -0.05) is 36.4 Å². The van der Waals surface area contributed by atoms with Crippen LogP contribution in [-0.4, -0.2) is 11.5 Å². The number of rotatable bonds is 5. The topological polar surface area (TPSA) is 55.8 Å². The average Bonchev–Trinajstić information content (AvgIpc) is 2.41. The largest absolute Gasteiger partial charge is 0.455 e. The van der Waals surface area contributed by atoms with Gasteiger partial charge in [0.05, 0.1) is 0 Å². The summed E-state index contributed by atoms with van der Waals surface area (Å²) in [6, 6.07) is 17.2. The standard InChI is InChI=1S/C13H13O4P/c14-11-18(15,16-12-7-3-1-4-8-12)17-13-9-5-2-6-10-13/h1-10,14H,11H2. The third-order valence-corrected chi connectivity index (χ3v) is 3.47. The smallest absolute Gasteiger partial charge is 0.415 e. The van der Waals surface area contributed by atoms with E-state index in [0.717, 1.165) is 0 Å². The first kappa shape index (κ1) is 12.7.